The van der Waals surface area contributed by atoms with Gasteiger partial charge in [0, 0.05) is 12.4 Å². The Labute approximate surface area is 170 Å². The lowest BCUT2D eigenvalue weighted by Gasteiger charge is -2.12. The molecule has 1 atom stereocenters. The lowest BCUT2D eigenvalue weighted by molar-refractivity contribution is 0.149. The van der Waals surface area contributed by atoms with Gasteiger partial charge in [-0.3, -0.25) is 0 Å². The quantitative estimate of drug-likeness (QED) is 0.442. The highest BCUT2D eigenvalue weighted by molar-refractivity contribution is 5.33. The van der Waals surface area contributed by atoms with Crippen LogP contribution < -0.4 is 0 Å². The van der Waals surface area contributed by atoms with Gasteiger partial charge in [0.2, 0.25) is 0 Å². The van der Waals surface area contributed by atoms with Crippen LogP contribution in [0.15, 0.2) is 79.4 Å². The number of aliphatic hydroxyl groups is 1. The van der Waals surface area contributed by atoms with Gasteiger partial charge in [-0.25, -0.2) is 4.68 Å². The van der Waals surface area contributed by atoms with Crippen molar-refractivity contribution in [2.75, 3.05) is 0 Å². The molecule has 148 valence electrons. The SMILES string of the molecule is OC(CCCCc1ccc(-n2cccn2)cc1)c1nncn1Cc1ccccc1. The van der Waals surface area contributed by atoms with Crippen molar-refractivity contribution < 1.29 is 5.11 Å². The molecule has 0 amide bonds. The van der Waals surface area contributed by atoms with Crippen LogP contribution in [0, 0.1) is 0 Å². The molecule has 2 aromatic carbocycles. The molecule has 29 heavy (non-hydrogen) atoms. The maximum atomic E-state index is 10.6. The standard InChI is InChI=1S/C23H25N5O/c29-22(23-26-24-18-27(23)17-20-8-2-1-3-9-20)10-5-4-7-19-11-13-21(14-12-19)28-16-6-15-25-28/h1-3,6,8-9,11-16,18,22,29H,4-5,7,10,17H2. The fraction of sp³-hybridized carbons (Fsp3) is 0.261. The van der Waals surface area contributed by atoms with E-state index in [0.29, 0.717) is 18.8 Å². The minimum Gasteiger partial charge on any atom is -0.385 e. The molecule has 0 aliphatic carbocycles. The van der Waals surface area contributed by atoms with Crippen molar-refractivity contribution in [1.29, 1.82) is 0 Å². The molecule has 0 fully saturated rings. The van der Waals surface area contributed by atoms with Crippen LogP contribution >= 0.6 is 0 Å². The number of unbranched alkanes of at least 4 members (excludes halogenated alkanes) is 1. The first kappa shape index (κ1) is 19.1. The second-order valence-electron chi connectivity index (χ2n) is 7.18. The molecule has 0 aliphatic rings. The predicted octanol–water partition coefficient (Wildman–Crippen LogP) is 3.96. The maximum absolute atomic E-state index is 10.6. The Morgan fingerprint density at radius 1 is 0.897 bits per heavy atom. The molecule has 2 aromatic heterocycles. The molecule has 1 unspecified atom stereocenters. The summed E-state index contributed by atoms with van der Waals surface area (Å²) in [7, 11) is 0. The van der Waals surface area contributed by atoms with Crippen LogP contribution in [0.25, 0.3) is 5.69 Å². The monoisotopic (exact) mass is 387 g/mol. The second kappa shape index (κ2) is 9.30. The van der Waals surface area contributed by atoms with Crippen LogP contribution in [0.5, 0.6) is 0 Å². The Bertz CT molecular complexity index is 993. The van der Waals surface area contributed by atoms with Crippen molar-refractivity contribution in [2.45, 2.75) is 38.3 Å². The van der Waals surface area contributed by atoms with Gasteiger partial charge >= 0.3 is 0 Å². The number of hydrogen-bond donors (Lipinski definition) is 1. The topological polar surface area (TPSA) is 68.8 Å². The van der Waals surface area contributed by atoms with Crippen molar-refractivity contribution in [1.82, 2.24) is 24.5 Å². The van der Waals surface area contributed by atoms with E-state index in [1.165, 1.54) is 11.1 Å². The van der Waals surface area contributed by atoms with Crippen LogP contribution in [0.2, 0.25) is 0 Å². The highest BCUT2D eigenvalue weighted by Crippen LogP contribution is 2.19. The zero-order valence-electron chi connectivity index (χ0n) is 16.3. The Hall–Kier alpha value is -3.25. The summed E-state index contributed by atoms with van der Waals surface area (Å²) in [6.45, 7) is 0.669. The Balaban J connectivity index is 1.25. The fourth-order valence-corrected chi connectivity index (χ4v) is 3.46. The third-order valence-corrected chi connectivity index (χ3v) is 5.04. The zero-order chi connectivity index (χ0) is 19.9. The molecule has 4 rings (SSSR count). The molecule has 0 aliphatic heterocycles. The Morgan fingerprint density at radius 2 is 1.72 bits per heavy atom. The van der Waals surface area contributed by atoms with E-state index in [1.54, 1.807) is 12.5 Å². The van der Waals surface area contributed by atoms with Crippen LogP contribution in [-0.2, 0) is 13.0 Å². The molecular formula is C23H25N5O. The average molecular weight is 387 g/mol. The van der Waals surface area contributed by atoms with Crippen molar-refractivity contribution in [3.05, 3.63) is 96.3 Å². The van der Waals surface area contributed by atoms with Crippen LogP contribution in [0.1, 0.15) is 42.3 Å². The van der Waals surface area contributed by atoms with E-state index in [-0.39, 0.29) is 0 Å². The Kier molecular flexibility index (Phi) is 6.12. The van der Waals surface area contributed by atoms with Gasteiger partial charge < -0.3 is 9.67 Å². The molecule has 6 heteroatoms. The zero-order valence-corrected chi connectivity index (χ0v) is 16.3. The predicted molar refractivity (Wildman–Crippen MR) is 112 cm³/mol. The molecule has 2 heterocycles. The average Bonchev–Trinajstić information content (AvgIpc) is 3.45. The smallest absolute Gasteiger partial charge is 0.162 e. The summed E-state index contributed by atoms with van der Waals surface area (Å²) in [5.74, 6) is 0.637. The van der Waals surface area contributed by atoms with Crippen molar-refractivity contribution >= 4 is 0 Å². The van der Waals surface area contributed by atoms with E-state index in [4.69, 9.17) is 0 Å². The fourth-order valence-electron chi connectivity index (χ4n) is 3.46. The van der Waals surface area contributed by atoms with E-state index in [0.717, 1.165) is 24.9 Å². The molecule has 0 saturated carbocycles. The van der Waals surface area contributed by atoms with Gasteiger partial charge in [-0.2, -0.15) is 5.10 Å². The highest BCUT2D eigenvalue weighted by atomic mass is 16.3. The molecule has 0 bridgehead atoms. The summed E-state index contributed by atoms with van der Waals surface area (Å²) in [5.41, 5.74) is 3.52. The first-order valence-corrected chi connectivity index (χ1v) is 9.98. The van der Waals surface area contributed by atoms with Gasteiger partial charge in [-0.05, 0) is 48.6 Å². The van der Waals surface area contributed by atoms with Gasteiger partial charge in [-0.1, -0.05) is 48.9 Å². The number of aromatic nitrogens is 5. The first-order valence-electron chi connectivity index (χ1n) is 9.98. The molecular weight excluding hydrogens is 362 g/mol. The van der Waals surface area contributed by atoms with Crippen LogP contribution in [0.4, 0.5) is 0 Å². The van der Waals surface area contributed by atoms with E-state index >= 15 is 0 Å². The summed E-state index contributed by atoms with van der Waals surface area (Å²) in [5, 5.41) is 22.9. The molecule has 4 aromatic rings. The summed E-state index contributed by atoms with van der Waals surface area (Å²) < 4.78 is 3.78. The van der Waals surface area contributed by atoms with Crippen molar-refractivity contribution in [3.63, 3.8) is 0 Å². The molecule has 0 radical (unpaired) electrons. The lowest BCUT2D eigenvalue weighted by atomic mass is 10.0. The third kappa shape index (κ3) is 4.97. The van der Waals surface area contributed by atoms with Gasteiger partial charge in [0.15, 0.2) is 5.82 Å². The number of benzene rings is 2. The van der Waals surface area contributed by atoms with Gasteiger partial charge in [-0.15, -0.1) is 10.2 Å². The molecule has 1 N–H and O–H groups in total. The normalized spacial score (nSPS) is 12.2. The van der Waals surface area contributed by atoms with Gasteiger partial charge in [0.25, 0.3) is 0 Å². The third-order valence-electron chi connectivity index (χ3n) is 5.04. The number of aryl methyl sites for hydroxylation is 1. The van der Waals surface area contributed by atoms with Crippen molar-refractivity contribution in [3.8, 4) is 5.69 Å². The molecule has 0 spiro atoms. The highest BCUT2D eigenvalue weighted by Gasteiger charge is 2.15. The largest absolute Gasteiger partial charge is 0.385 e. The molecule has 6 nitrogen and oxygen atoms in total. The summed E-state index contributed by atoms with van der Waals surface area (Å²) in [6.07, 6.45) is 8.43. The van der Waals surface area contributed by atoms with E-state index in [2.05, 4.69) is 51.7 Å². The Morgan fingerprint density at radius 3 is 2.48 bits per heavy atom. The van der Waals surface area contributed by atoms with E-state index in [1.807, 2.05) is 39.7 Å². The van der Waals surface area contributed by atoms with Gasteiger partial charge in [0.1, 0.15) is 12.4 Å². The lowest BCUT2D eigenvalue weighted by Crippen LogP contribution is -2.09. The maximum Gasteiger partial charge on any atom is 0.162 e. The van der Waals surface area contributed by atoms with Crippen molar-refractivity contribution in [2.24, 2.45) is 0 Å². The first-order chi connectivity index (χ1) is 14.3. The summed E-state index contributed by atoms with van der Waals surface area (Å²) in [6, 6.07) is 20.5. The van der Waals surface area contributed by atoms with Gasteiger partial charge in [0.05, 0.1) is 12.2 Å². The second-order valence-corrected chi connectivity index (χ2v) is 7.18. The number of aliphatic hydroxyl groups excluding tert-OH is 1. The summed E-state index contributed by atoms with van der Waals surface area (Å²) >= 11 is 0. The minimum absolute atomic E-state index is 0.594. The number of rotatable bonds is 9. The summed E-state index contributed by atoms with van der Waals surface area (Å²) in [4.78, 5) is 0. The van der Waals surface area contributed by atoms with E-state index in [9.17, 15) is 5.11 Å². The molecule has 0 saturated heterocycles. The minimum atomic E-state index is -0.594. The number of hydrogen-bond acceptors (Lipinski definition) is 4. The van der Waals surface area contributed by atoms with Crippen LogP contribution in [-0.4, -0.2) is 29.7 Å². The van der Waals surface area contributed by atoms with E-state index < -0.39 is 6.10 Å². The van der Waals surface area contributed by atoms with Crippen LogP contribution in [0.3, 0.4) is 0 Å². The number of nitrogens with zero attached hydrogens (tertiary/aromatic N) is 5.